The summed E-state index contributed by atoms with van der Waals surface area (Å²) in [6, 6.07) is 1.93. The smallest absolute Gasteiger partial charge is 0.0736 e. The zero-order chi connectivity index (χ0) is 9.80. The van der Waals surface area contributed by atoms with Crippen LogP contribution in [0.15, 0.2) is 18.5 Å². The maximum absolute atomic E-state index is 5.78. The van der Waals surface area contributed by atoms with Gasteiger partial charge in [0.1, 0.15) is 0 Å². The number of aromatic nitrogens is 1. The molecule has 2 rings (SSSR count). The van der Waals surface area contributed by atoms with Crippen LogP contribution in [-0.2, 0) is 0 Å². The highest BCUT2D eigenvalue weighted by Crippen LogP contribution is 2.25. The van der Waals surface area contributed by atoms with E-state index in [2.05, 4.69) is 10.3 Å². The average molecular weight is 191 g/mol. The quantitative estimate of drug-likeness (QED) is 0.770. The summed E-state index contributed by atoms with van der Waals surface area (Å²) in [5, 5.41) is 3.39. The Bertz CT molecular complexity index is 292. The molecule has 3 nitrogen and oxygen atoms in total. The largest absolute Gasteiger partial charge is 0.396 e. The summed E-state index contributed by atoms with van der Waals surface area (Å²) in [5.74, 6) is 0.836. The minimum atomic E-state index is 0.741. The highest BCUT2D eigenvalue weighted by molar-refractivity contribution is 5.64. The van der Waals surface area contributed by atoms with Gasteiger partial charge in [-0.2, -0.15) is 0 Å². The molecular formula is C11H17N3. The summed E-state index contributed by atoms with van der Waals surface area (Å²) in [6.45, 7) is 1.05. The van der Waals surface area contributed by atoms with Crippen molar-refractivity contribution in [3.63, 3.8) is 0 Å². The Labute approximate surface area is 84.7 Å². The minimum absolute atomic E-state index is 0.741. The molecule has 0 unspecified atom stereocenters. The number of anilines is 2. The van der Waals surface area contributed by atoms with Crippen LogP contribution in [0.2, 0.25) is 0 Å². The van der Waals surface area contributed by atoms with Crippen molar-refractivity contribution < 1.29 is 0 Å². The van der Waals surface area contributed by atoms with E-state index >= 15 is 0 Å². The van der Waals surface area contributed by atoms with E-state index in [1.807, 2.05) is 6.07 Å². The summed E-state index contributed by atoms with van der Waals surface area (Å²) in [7, 11) is 0. The Morgan fingerprint density at radius 3 is 2.93 bits per heavy atom. The molecule has 0 bridgehead atoms. The Hall–Kier alpha value is -1.25. The second-order valence-corrected chi connectivity index (χ2v) is 3.99. The van der Waals surface area contributed by atoms with Crippen molar-refractivity contribution in [2.24, 2.45) is 5.92 Å². The number of nitrogens with two attached hydrogens (primary N) is 1. The van der Waals surface area contributed by atoms with Gasteiger partial charge in [0, 0.05) is 12.7 Å². The molecule has 1 heterocycles. The normalized spacial score (nSPS) is 17.1. The molecular weight excluding hydrogens is 174 g/mol. The predicted octanol–water partition coefficient (Wildman–Crippen LogP) is 2.27. The number of nitrogens with one attached hydrogen (secondary N) is 1. The van der Waals surface area contributed by atoms with Crippen LogP contribution in [0.1, 0.15) is 25.7 Å². The maximum atomic E-state index is 5.78. The summed E-state index contributed by atoms with van der Waals surface area (Å²) in [6.07, 6.45) is 8.96. The standard InChI is InChI=1S/C11H17N3/c12-10-8-13-6-5-11(10)14-7-9-3-1-2-4-9/h5-6,8-9H,1-4,7,12H2,(H,13,14). The van der Waals surface area contributed by atoms with Crippen molar-refractivity contribution in [1.82, 2.24) is 4.98 Å². The third-order valence-corrected chi connectivity index (χ3v) is 2.91. The van der Waals surface area contributed by atoms with Crippen LogP contribution in [0.25, 0.3) is 0 Å². The van der Waals surface area contributed by atoms with Crippen molar-refractivity contribution in [1.29, 1.82) is 0 Å². The van der Waals surface area contributed by atoms with Gasteiger partial charge in [0.15, 0.2) is 0 Å². The first-order valence-corrected chi connectivity index (χ1v) is 5.29. The zero-order valence-corrected chi connectivity index (χ0v) is 8.37. The van der Waals surface area contributed by atoms with Crippen molar-refractivity contribution in [3.05, 3.63) is 18.5 Å². The fraction of sp³-hybridized carbons (Fsp3) is 0.545. The van der Waals surface area contributed by atoms with E-state index in [-0.39, 0.29) is 0 Å². The Morgan fingerprint density at radius 2 is 2.21 bits per heavy atom. The van der Waals surface area contributed by atoms with Crippen molar-refractivity contribution in [2.75, 3.05) is 17.6 Å². The van der Waals surface area contributed by atoms with E-state index in [9.17, 15) is 0 Å². The van der Waals surface area contributed by atoms with Gasteiger partial charge in [-0.3, -0.25) is 4.98 Å². The molecule has 1 aromatic heterocycles. The number of nitrogen functional groups attached to an aromatic ring is 1. The maximum Gasteiger partial charge on any atom is 0.0736 e. The molecule has 0 aromatic carbocycles. The van der Waals surface area contributed by atoms with Gasteiger partial charge >= 0.3 is 0 Å². The lowest BCUT2D eigenvalue weighted by Crippen LogP contribution is -2.12. The van der Waals surface area contributed by atoms with E-state index < -0.39 is 0 Å². The Kier molecular flexibility index (Phi) is 2.87. The van der Waals surface area contributed by atoms with Crippen LogP contribution < -0.4 is 11.1 Å². The number of hydrogen-bond acceptors (Lipinski definition) is 3. The van der Waals surface area contributed by atoms with Gasteiger partial charge < -0.3 is 11.1 Å². The second-order valence-electron chi connectivity index (χ2n) is 3.99. The van der Waals surface area contributed by atoms with Gasteiger partial charge in [0.05, 0.1) is 17.6 Å². The number of nitrogens with zero attached hydrogens (tertiary/aromatic N) is 1. The van der Waals surface area contributed by atoms with Crippen molar-refractivity contribution in [3.8, 4) is 0 Å². The lowest BCUT2D eigenvalue weighted by molar-refractivity contribution is 0.580. The fourth-order valence-electron chi connectivity index (χ4n) is 2.04. The number of hydrogen-bond donors (Lipinski definition) is 2. The molecule has 3 N–H and O–H groups in total. The van der Waals surface area contributed by atoms with E-state index in [0.29, 0.717) is 0 Å². The molecule has 1 aromatic rings. The van der Waals surface area contributed by atoms with E-state index in [1.165, 1.54) is 25.7 Å². The summed E-state index contributed by atoms with van der Waals surface area (Å²) in [5.41, 5.74) is 7.54. The van der Waals surface area contributed by atoms with Crippen molar-refractivity contribution in [2.45, 2.75) is 25.7 Å². The topological polar surface area (TPSA) is 50.9 Å². The molecule has 0 amide bonds. The lowest BCUT2D eigenvalue weighted by Gasteiger charge is -2.12. The lowest BCUT2D eigenvalue weighted by atomic mass is 10.1. The van der Waals surface area contributed by atoms with E-state index in [1.54, 1.807) is 12.4 Å². The average Bonchev–Trinajstić information content (AvgIpc) is 2.69. The van der Waals surface area contributed by atoms with Crippen LogP contribution in [0.3, 0.4) is 0 Å². The first-order chi connectivity index (χ1) is 6.86. The first-order valence-electron chi connectivity index (χ1n) is 5.29. The summed E-state index contributed by atoms with van der Waals surface area (Å²) < 4.78 is 0. The molecule has 1 aliphatic carbocycles. The van der Waals surface area contributed by atoms with E-state index in [4.69, 9.17) is 5.73 Å². The van der Waals surface area contributed by atoms with Crippen LogP contribution in [0.5, 0.6) is 0 Å². The highest BCUT2D eigenvalue weighted by Gasteiger charge is 2.14. The van der Waals surface area contributed by atoms with Gasteiger partial charge in [-0.15, -0.1) is 0 Å². The van der Waals surface area contributed by atoms with Gasteiger partial charge in [0.25, 0.3) is 0 Å². The van der Waals surface area contributed by atoms with Crippen LogP contribution in [0, 0.1) is 5.92 Å². The highest BCUT2D eigenvalue weighted by atomic mass is 14.9. The van der Waals surface area contributed by atoms with Gasteiger partial charge in [-0.25, -0.2) is 0 Å². The van der Waals surface area contributed by atoms with Gasteiger partial charge in [-0.05, 0) is 24.8 Å². The van der Waals surface area contributed by atoms with Crippen LogP contribution >= 0.6 is 0 Å². The summed E-state index contributed by atoms with van der Waals surface area (Å²) >= 11 is 0. The molecule has 76 valence electrons. The molecule has 1 fully saturated rings. The first kappa shape index (κ1) is 9.31. The third kappa shape index (κ3) is 2.16. The summed E-state index contributed by atoms with van der Waals surface area (Å²) in [4.78, 5) is 3.96. The molecule has 0 aliphatic heterocycles. The van der Waals surface area contributed by atoms with Gasteiger partial charge in [-0.1, -0.05) is 12.8 Å². The molecule has 1 aliphatic rings. The molecule has 3 heteroatoms. The third-order valence-electron chi connectivity index (χ3n) is 2.91. The molecule has 0 spiro atoms. The Balaban J connectivity index is 1.88. The molecule has 0 atom stereocenters. The zero-order valence-electron chi connectivity index (χ0n) is 8.37. The minimum Gasteiger partial charge on any atom is -0.396 e. The molecule has 1 saturated carbocycles. The van der Waals surface area contributed by atoms with Gasteiger partial charge in [0.2, 0.25) is 0 Å². The second kappa shape index (κ2) is 4.31. The monoisotopic (exact) mass is 191 g/mol. The SMILES string of the molecule is Nc1cnccc1NCC1CCCC1. The van der Waals surface area contributed by atoms with E-state index in [0.717, 1.165) is 23.8 Å². The fourth-order valence-corrected chi connectivity index (χ4v) is 2.04. The molecule has 14 heavy (non-hydrogen) atoms. The van der Waals surface area contributed by atoms with Crippen LogP contribution in [-0.4, -0.2) is 11.5 Å². The van der Waals surface area contributed by atoms with Crippen molar-refractivity contribution >= 4 is 11.4 Å². The number of rotatable bonds is 3. The number of pyridine rings is 1. The Morgan fingerprint density at radius 1 is 1.43 bits per heavy atom. The molecule has 0 radical (unpaired) electrons. The van der Waals surface area contributed by atoms with Crippen LogP contribution in [0.4, 0.5) is 11.4 Å². The predicted molar refractivity (Wildman–Crippen MR) is 59.1 cm³/mol. The molecule has 0 saturated heterocycles.